The number of benzene rings is 1. The van der Waals surface area contributed by atoms with Crippen LogP contribution in [0.4, 0.5) is 0 Å². The van der Waals surface area contributed by atoms with Gasteiger partial charge in [-0.2, -0.15) is 0 Å². The summed E-state index contributed by atoms with van der Waals surface area (Å²) in [6, 6.07) is 14.9. The van der Waals surface area contributed by atoms with Gasteiger partial charge in [0.25, 0.3) is 5.56 Å². The summed E-state index contributed by atoms with van der Waals surface area (Å²) in [6.45, 7) is 0. The van der Waals surface area contributed by atoms with Crippen LogP contribution in [0.2, 0.25) is 4.34 Å². The number of carboxylic acids is 1. The Kier molecular flexibility index (Phi) is 3.40. The largest absolute Gasteiger partial charge is 0.477 e. The highest BCUT2D eigenvalue weighted by Gasteiger charge is 2.20. The normalized spacial score (nSPS) is 11.2. The Bertz CT molecular complexity index is 1130. The number of H-pyrrole nitrogens is 1. The van der Waals surface area contributed by atoms with Crippen molar-refractivity contribution in [2.45, 2.75) is 0 Å². The smallest absolute Gasteiger partial charge is 0.342 e. The summed E-state index contributed by atoms with van der Waals surface area (Å²) in [5, 5.41) is 10.3. The Labute approximate surface area is 145 Å². The van der Waals surface area contributed by atoms with Crippen LogP contribution in [0.15, 0.2) is 53.3 Å². The first-order chi connectivity index (χ1) is 11.6. The number of hydrogen-bond acceptors (Lipinski definition) is 3. The molecular formula is C18H10ClNO3S. The van der Waals surface area contributed by atoms with Crippen molar-refractivity contribution in [1.29, 1.82) is 0 Å². The first-order valence-electron chi connectivity index (χ1n) is 7.13. The Morgan fingerprint density at radius 2 is 1.83 bits per heavy atom. The molecule has 0 saturated carbocycles. The van der Waals surface area contributed by atoms with Crippen molar-refractivity contribution in [2.75, 3.05) is 0 Å². The summed E-state index contributed by atoms with van der Waals surface area (Å²) < 4.78 is 1.76. The molecule has 1 aromatic carbocycles. The fourth-order valence-electron chi connectivity index (χ4n) is 2.88. The highest BCUT2D eigenvalue weighted by atomic mass is 35.5. The quantitative estimate of drug-likeness (QED) is 0.547. The summed E-state index contributed by atoms with van der Waals surface area (Å²) in [4.78, 5) is 25.7. The first-order valence-corrected chi connectivity index (χ1v) is 8.32. The van der Waals surface area contributed by atoms with E-state index in [1.165, 1.54) is 11.3 Å². The summed E-state index contributed by atoms with van der Waals surface area (Å²) >= 11 is 7.92. The number of thiophene rings is 1. The van der Waals surface area contributed by atoms with Crippen molar-refractivity contribution >= 4 is 39.0 Å². The molecule has 4 nitrogen and oxygen atoms in total. The Balaban J connectivity index is 1.99. The molecule has 0 bridgehead atoms. The minimum absolute atomic E-state index is 0.242. The first kappa shape index (κ1) is 14.9. The van der Waals surface area contributed by atoms with Crippen LogP contribution in [0.1, 0.15) is 10.4 Å². The highest BCUT2D eigenvalue weighted by molar-refractivity contribution is 7.23. The Hall–Kier alpha value is -2.63. The van der Waals surface area contributed by atoms with Crippen LogP contribution in [0.5, 0.6) is 0 Å². The number of aromatic nitrogens is 1. The van der Waals surface area contributed by atoms with E-state index in [-0.39, 0.29) is 5.56 Å². The average Bonchev–Trinajstić information content (AvgIpc) is 2.97. The maximum absolute atomic E-state index is 11.8. The SMILES string of the molecule is O=C(O)c1c2ccc(-c3c(Cl)sc4ccccc34)ccc-2[nH]c1=O. The molecule has 2 aromatic rings. The molecule has 2 heterocycles. The van der Waals surface area contributed by atoms with E-state index in [9.17, 15) is 14.7 Å². The van der Waals surface area contributed by atoms with Gasteiger partial charge in [0.1, 0.15) is 9.90 Å². The topological polar surface area (TPSA) is 70.2 Å². The third kappa shape index (κ3) is 2.21. The molecule has 0 amide bonds. The number of fused-ring (bicyclic) bond motifs is 2. The predicted octanol–water partition coefficient (Wildman–Crippen LogP) is 4.71. The summed E-state index contributed by atoms with van der Waals surface area (Å²) in [6.07, 6.45) is 0. The molecule has 4 rings (SSSR count). The number of carbonyl (C=O) groups is 1. The van der Waals surface area contributed by atoms with E-state index in [1.54, 1.807) is 18.2 Å². The van der Waals surface area contributed by atoms with Crippen LogP contribution in [0.25, 0.3) is 32.5 Å². The number of carboxylic acid groups (broad SMARTS) is 1. The van der Waals surface area contributed by atoms with Crippen LogP contribution in [0.3, 0.4) is 0 Å². The van der Waals surface area contributed by atoms with Gasteiger partial charge in [-0.15, -0.1) is 11.3 Å². The number of aromatic amines is 1. The number of nitrogens with one attached hydrogen (secondary N) is 1. The summed E-state index contributed by atoms with van der Waals surface area (Å²) in [5.41, 5.74) is 1.81. The van der Waals surface area contributed by atoms with Crippen LogP contribution in [0, 0.1) is 0 Å². The maximum Gasteiger partial charge on any atom is 0.342 e. The van der Waals surface area contributed by atoms with Crippen molar-refractivity contribution in [1.82, 2.24) is 4.98 Å². The Morgan fingerprint density at radius 3 is 2.62 bits per heavy atom. The predicted molar refractivity (Wildman–Crippen MR) is 96.5 cm³/mol. The molecule has 2 aliphatic rings. The van der Waals surface area contributed by atoms with Gasteiger partial charge in [0.15, 0.2) is 0 Å². The van der Waals surface area contributed by atoms with Gasteiger partial charge < -0.3 is 10.1 Å². The molecule has 24 heavy (non-hydrogen) atoms. The fraction of sp³-hybridized carbons (Fsp3) is 0. The second-order valence-corrected chi connectivity index (χ2v) is 6.98. The third-order valence-electron chi connectivity index (χ3n) is 3.95. The number of rotatable bonds is 2. The summed E-state index contributed by atoms with van der Waals surface area (Å²) in [7, 11) is 0. The van der Waals surface area contributed by atoms with Crippen molar-refractivity contribution in [3.8, 4) is 22.4 Å². The van der Waals surface area contributed by atoms with E-state index >= 15 is 0 Å². The number of aromatic carboxylic acids is 1. The third-order valence-corrected chi connectivity index (χ3v) is 5.33. The average molecular weight is 356 g/mol. The molecule has 2 N–H and O–H groups in total. The van der Waals surface area contributed by atoms with Crippen LogP contribution < -0.4 is 5.56 Å². The van der Waals surface area contributed by atoms with E-state index in [4.69, 9.17) is 11.6 Å². The van der Waals surface area contributed by atoms with Crippen molar-refractivity contribution in [3.05, 3.63) is 68.8 Å². The molecule has 1 aromatic heterocycles. The lowest BCUT2D eigenvalue weighted by atomic mass is 10.1. The van der Waals surface area contributed by atoms with Gasteiger partial charge in [-0.1, -0.05) is 48.0 Å². The number of hydrogen-bond donors (Lipinski definition) is 2. The second kappa shape index (κ2) is 5.47. The van der Waals surface area contributed by atoms with E-state index in [0.717, 1.165) is 21.2 Å². The standard InChI is InChI=1S/C18H10ClNO3S/c19-16-14(11-3-1-2-4-13(11)24-16)9-5-7-10-12(8-6-9)20-17(21)15(10)18(22)23/h1-8H,(H,20,21)(H,22,23). The monoisotopic (exact) mass is 355 g/mol. The highest BCUT2D eigenvalue weighted by Crippen LogP contribution is 2.42. The summed E-state index contributed by atoms with van der Waals surface area (Å²) in [5.74, 6) is -1.24. The Morgan fingerprint density at radius 1 is 1.08 bits per heavy atom. The lowest BCUT2D eigenvalue weighted by Crippen LogP contribution is -2.10. The van der Waals surface area contributed by atoms with Gasteiger partial charge >= 0.3 is 5.97 Å². The molecule has 0 unspecified atom stereocenters. The molecule has 1 aliphatic carbocycles. The molecule has 118 valence electrons. The van der Waals surface area contributed by atoms with Crippen molar-refractivity contribution in [2.24, 2.45) is 0 Å². The second-order valence-electron chi connectivity index (χ2n) is 5.33. The lowest BCUT2D eigenvalue weighted by molar-refractivity contribution is 0.0696. The van der Waals surface area contributed by atoms with Crippen LogP contribution in [-0.2, 0) is 0 Å². The van der Waals surface area contributed by atoms with Gasteiger partial charge in [0.2, 0.25) is 0 Å². The van der Waals surface area contributed by atoms with Gasteiger partial charge in [-0.05, 0) is 17.7 Å². The molecule has 0 saturated heterocycles. The maximum atomic E-state index is 11.8. The molecular weight excluding hydrogens is 346 g/mol. The van der Waals surface area contributed by atoms with E-state index in [1.807, 2.05) is 30.3 Å². The zero-order chi connectivity index (χ0) is 16.8. The van der Waals surface area contributed by atoms with E-state index in [0.29, 0.717) is 15.6 Å². The zero-order valence-electron chi connectivity index (χ0n) is 12.2. The van der Waals surface area contributed by atoms with Crippen molar-refractivity contribution in [3.63, 3.8) is 0 Å². The minimum atomic E-state index is -1.24. The molecule has 0 spiro atoms. The van der Waals surface area contributed by atoms with Crippen LogP contribution in [-0.4, -0.2) is 16.1 Å². The number of halogens is 1. The molecule has 0 atom stereocenters. The van der Waals surface area contributed by atoms with Gasteiger partial charge in [0, 0.05) is 26.9 Å². The molecule has 6 heteroatoms. The molecule has 0 radical (unpaired) electrons. The molecule has 0 fully saturated rings. The van der Waals surface area contributed by atoms with Gasteiger partial charge in [0.05, 0.1) is 0 Å². The van der Waals surface area contributed by atoms with Gasteiger partial charge in [-0.25, -0.2) is 4.79 Å². The minimum Gasteiger partial charge on any atom is -0.477 e. The van der Waals surface area contributed by atoms with Crippen LogP contribution >= 0.6 is 22.9 Å². The van der Waals surface area contributed by atoms with Crippen molar-refractivity contribution < 1.29 is 9.90 Å². The fourth-order valence-corrected chi connectivity index (χ4v) is 4.29. The van der Waals surface area contributed by atoms with E-state index in [2.05, 4.69) is 4.98 Å². The molecule has 1 aliphatic heterocycles. The van der Waals surface area contributed by atoms with E-state index < -0.39 is 11.5 Å². The zero-order valence-corrected chi connectivity index (χ0v) is 13.7. The lowest BCUT2D eigenvalue weighted by Gasteiger charge is -1.98. The van der Waals surface area contributed by atoms with Gasteiger partial charge in [-0.3, -0.25) is 4.79 Å².